The molecule has 0 aromatic heterocycles. The van der Waals surface area contributed by atoms with Gasteiger partial charge in [-0.15, -0.1) is 11.8 Å². The van der Waals surface area contributed by atoms with Gasteiger partial charge in [0.2, 0.25) is 5.91 Å². The van der Waals surface area contributed by atoms with Crippen molar-refractivity contribution in [1.29, 1.82) is 0 Å². The molecule has 2 aliphatic heterocycles. The molecular weight excluding hydrogens is 330 g/mol. The van der Waals surface area contributed by atoms with E-state index in [1.54, 1.807) is 11.8 Å². The summed E-state index contributed by atoms with van der Waals surface area (Å²) >= 11 is 7.87. The first-order valence-corrected chi connectivity index (χ1v) is 9.70. The first-order valence-electron chi connectivity index (χ1n) is 8.33. The monoisotopic (exact) mass is 353 g/mol. The van der Waals surface area contributed by atoms with Crippen LogP contribution in [0.1, 0.15) is 26.2 Å². The summed E-state index contributed by atoms with van der Waals surface area (Å²) in [6.45, 7) is 6.05. The Hall–Kier alpha value is -0.910. The van der Waals surface area contributed by atoms with Gasteiger partial charge in [0.1, 0.15) is 4.99 Å². The SMILES string of the molecule is CCCCC1(N2CCN(c3cccc(Cl)c3)CC2)NC(=O)CS1. The molecule has 0 bridgehead atoms. The maximum atomic E-state index is 11.8. The zero-order valence-corrected chi connectivity index (χ0v) is 15.1. The molecule has 0 spiro atoms. The van der Waals surface area contributed by atoms with E-state index in [-0.39, 0.29) is 10.9 Å². The highest BCUT2D eigenvalue weighted by atomic mass is 35.5. The van der Waals surface area contributed by atoms with Crippen molar-refractivity contribution in [2.24, 2.45) is 0 Å². The van der Waals surface area contributed by atoms with Crippen LogP contribution in [0.4, 0.5) is 5.69 Å². The van der Waals surface area contributed by atoms with Crippen LogP contribution < -0.4 is 10.2 Å². The molecule has 2 heterocycles. The van der Waals surface area contributed by atoms with Crippen molar-refractivity contribution < 1.29 is 4.79 Å². The fourth-order valence-corrected chi connectivity index (χ4v) is 4.82. The van der Waals surface area contributed by atoms with Gasteiger partial charge in [-0.05, 0) is 31.0 Å². The normalized spacial score (nSPS) is 25.7. The quantitative estimate of drug-likeness (QED) is 0.882. The third-order valence-corrected chi connectivity index (χ3v) is 6.29. The van der Waals surface area contributed by atoms with E-state index in [0.717, 1.165) is 50.5 Å². The molecule has 6 heteroatoms. The van der Waals surface area contributed by atoms with E-state index in [1.807, 2.05) is 18.2 Å². The van der Waals surface area contributed by atoms with E-state index in [1.165, 1.54) is 5.69 Å². The van der Waals surface area contributed by atoms with Gasteiger partial charge in [0.25, 0.3) is 0 Å². The van der Waals surface area contributed by atoms with Gasteiger partial charge in [-0.25, -0.2) is 0 Å². The van der Waals surface area contributed by atoms with Crippen LogP contribution >= 0.6 is 23.4 Å². The first kappa shape index (κ1) is 16.9. The fourth-order valence-electron chi connectivity index (χ4n) is 3.35. The van der Waals surface area contributed by atoms with Crippen LogP contribution in [0.5, 0.6) is 0 Å². The summed E-state index contributed by atoms with van der Waals surface area (Å²) in [5.41, 5.74) is 1.18. The summed E-state index contributed by atoms with van der Waals surface area (Å²) in [7, 11) is 0. The lowest BCUT2D eigenvalue weighted by molar-refractivity contribution is -0.120. The second-order valence-electron chi connectivity index (χ2n) is 6.18. The molecule has 0 saturated carbocycles. The number of rotatable bonds is 5. The second-order valence-corrected chi connectivity index (χ2v) is 7.87. The minimum Gasteiger partial charge on any atom is -0.369 e. The summed E-state index contributed by atoms with van der Waals surface area (Å²) in [6.07, 6.45) is 3.32. The van der Waals surface area contributed by atoms with Crippen molar-refractivity contribution in [1.82, 2.24) is 10.2 Å². The third kappa shape index (κ3) is 3.78. The molecule has 2 fully saturated rings. The fraction of sp³-hybridized carbons (Fsp3) is 0.588. The summed E-state index contributed by atoms with van der Waals surface area (Å²) in [4.78, 5) is 16.4. The molecule has 4 nitrogen and oxygen atoms in total. The topological polar surface area (TPSA) is 35.6 Å². The molecule has 23 heavy (non-hydrogen) atoms. The zero-order chi connectivity index (χ0) is 16.3. The van der Waals surface area contributed by atoms with Gasteiger partial charge in [-0.2, -0.15) is 0 Å². The summed E-state index contributed by atoms with van der Waals surface area (Å²) in [5.74, 6) is 0.751. The van der Waals surface area contributed by atoms with Gasteiger partial charge in [0, 0.05) is 36.9 Å². The lowest BCUT2D eigenvalue weighted by Gasteiger charge is -2.45. The Morgan fingerprint density at radius 3 is 2.70 bits per heavy atom. The molecule has 1 unspecified atom stereocenters. The molecule has 2 aliphatic rings. The number of unbranched alkanes of at least 4 members (excludes halogenated alkanes) is 1. The van der Waals surface area contributed by atoms with Gasteiger partial charge in [-0.1, -0.05) is 31.0 Å². The Morgan fingerprint density at radius 1 is 1.30 bits per heavy atom. The molecule has 1 aromatic carbocycles. The maximum Gasteiger partial charge on any atom is 0.232 e. The van der Waals surface area contributed by atoms with E-state index >= 15 is 0 Å². The van der Waals surface area contributed by atoms with Crippen LogP contribution in [0.15, 0.2) is 24.3 Å². The van der Waals surface area contributed by atoms with Crippen LogP contribution in [-0.2, 0) is 4.79 Å². The summed E-state index contributed by atoms with van der Waals surface area (Å²) in [5, 5.41) is 4.03. The van der Waals surface area contributed by atoms with Crippen LogP contribution in [0, 0.1) is 0 Å². The number of nitrogens with one attached hydrogen (secondary N) is 1. The van der Waals surface area contributed by atoms with E-state index in [2.05, 4.69) is 28.1 Å². The minimum absolute atomic E-state index is 0.170. The number of piperazine rings is 1. The van der Waals surface area contributed by atoms with E-state index in [0.29, 0.717) is 5.75 Å². The van der Waals surface area contributed by atoms with Crippen molar-refractivity contribution in [3.05, 3.63) is 29.3 Å². The van der Waals surface area contributed by atoms with Crippen molar-refractivity contribution in [3.63, 3.8) is 0 Å². The number of nitrogens with zero attached hydrogens (tertiary/aromatic N) is 2. The molecule has 3 rings (SSSR count). The van der Waals surface area contributed by atoms with Gasteiger partial charge in [-0.3, -0.25) is 9.69 Å². The molecule has 0 aliphatic carbocycles. The highest BCUT2D eigenvalue weighted by molar-refractivity contribution is 8.01. The van der Waals surface area contributed by atoms with Gasteiger partial charge >= 0.3 is 0 Å². The molecule has 1 aromatic rings. The van der Waals surface area contributed by atoms with Crippen LogP contribution in [0.25, 0.3) is 0 Å². The standard InChI is InChI=1S/C17H24ClN3OS/c1-2-3-7-17(19-16(22)13-23-17)21-10-8-20(9-11-21)15-6-4-5-14(18)12-15/h4-6,12H,2-3,7-11,13H2,1H3,(H,19,22). The van der Waals surface area contributed by atoms with Crippen molar-refractivity contribution in [2.75, 3.05) is 36.8 Å². The predicted octanol–water partition coefficient (Wildman–Crippen LogP) is 3.17. The van der Waals surface area contributed by atoms with Crippen LogP contribution in [-0.4, -0.2) is 47.7 Å². The maximum absolute atomic E-state index is 11.8. The number of thioether (sulfide) groups is 1. The molecule has 126 valence electrons. The predicted molar refractivity (Wildman–Crippen MR) is 98.1 cm³/mol. The number of benzene rings is 1. The third-order valence-electron chi connectivity index (χ3n) is 4.61. The molecular formula is C17H24ClN3OS. The number of amides is 1. The lowest BCUT2D eigenvalue weighted by atomic mass is 10.1. The molecule has 1 amide bonds. The second kappa shape index (κ2) is 7.32. The van der Waals surface area contributed by atoms with E-state index in [9.17, 15) is 4.79 Å². The lowest BCUT2D eigenvalue weighted by Crippen LogP contribution is -2.60. The molecule has 1 atom stereocenters. The smallest absolute Gasteiger partial charge is 0.232 e. The highest BCUT2D eigenvalue weighted by Crippen LogP contribution is 2.37. The van der Waals surface area contributed by atoms with Crippen LogP contribution in [0.3, 0.4) is 0 Å². The Balaban J connectivity index is 1.66. The number of hydrogen-bond donors (Lipinski definition) is 1. The van der Waals surface area contributed by atoms with E-state index in [4.69, 9.17) is 11.6 Å². The largest absolute Gasteiger partial charge is 0.369 e. The van der Waals surface area contributed by atoms with Gasteiger partial charge in [0.05, 0.1) is 5.75 Å². The zero-order valence-electron chi connectivity index (χ0n) is 13.6. The number of hydrogen-bond acceptors (Lipinski definition) is 4. The Kier molecular flexibility index (Phi) is 5.39. The summed E-state index contributed by atoms with van der Waals surface area (Å²) < 4.78 is 0. The Morgan fingerprint density at radius 2 is 2.09 bits per heavy atom. The summed E-state index contributed by atoms with van der Waals surface area (Å²) in [6, 6.07) is 8.04. The highest BCUT2D eigenvalue weighted by Gasteiger charge is 2.44. The van der Waals surface area contributed by atoms with Crippen molar-refractivity contribution in [2.45, 2.75) is 31.2 Å². The molecule has 2 saturated heterocycles. The van der Waals surface area contributed by atoms with Crippen molar-refractivity contribution >= 4 is 35.0 Å². The van der Waals surface area contributed by atoms with E-state index < -0.39 is 0 Å². The molecule has 0 radical (unpaired) electrons. The first-order chi connectivity index (χ1) is 11.1. The number of carbonyl (C=O) groups is 1. The van der Waals surface area contributed by atoms with Gasteiger partial charge < -0.3 is 10.2 Å². The van der Waals surface area contributed by atoms with Crippen LogP contribution in [0.2, 0.25) is 5.02 Å². The number of anilines is 1. The molecule has 1 N–H and O–H groups in total. The van der Waals surface area contributed by atoms with Gasteiger partial charge in [0.15, 0.2) is 0 Å². The minimum atomic E-state index is -0.187. The Bertz CT molecular complexity index is 563. The average molecular weight is 354 g/mol. The Labute approximate surface area is 147 Å². The number of halogens is 1. The average Bonchev–Trinajstić information content (AvgIpc) is 2.95. The van der Waals surface area contributed by atoms with Crippen molar-refractivity contribution in [3.8, 4) is 0 Å². The number of carbonyl (C=O) groups excluding carboxylic acids is 1.